The lowest BCUT2D eigenvalue weighted by molar-refractivity contribution is 0.0516. The molecule has 4 aromatic rings. The molecule has 29 heavy (non-hydrogen) atoms. The van der Waals surface area contributed by atoms with Gasteiger partial charge >= 0.3 is 5.97 Å². The van der Waals surface area contributed by atoms with Crippen LogP contribution in [0.1, 0.15) is 28.8 Å². The Morgan fingerprint density at radius 1 is 1.21 bits per heavy atom. The van der Waals surface area contributed by atoms with Crippen molar-refractivity contribution in [1.29, 1.82) is 0 Å². The highest BCUT2D eigenvalue weighted by Crippen LogP contribution is 2.36. The molecule has 0 aliphatic carbocycles. The Kier molecular flexibility index (Phi) is 4.75. The van der Waals surface area contributed by atoms with E-state index >= 15 is 0 Å². The molecule has 8 heteroatoms. The fourth-order valence-electron chi connectivity index (χ4n) is 3.36. The van der Waals surface area contributed by atoms with E-state index in [-0.39, 0.29) is 6.61 Å². The first-order valence-corrected chi connectivity index (χ1v) is 9.26. The Morgan fingerprint density at radius 2 is 2.03 bits per heavy atom. The second kappa shape index (κ2) is 7.38. The zero-order valence-corrected chi connectivity index (χ0v) is 16.7. The number of methoxy groups -OCH3 is 1. The maximum absolute atomic E-state index is 12.4. The topological polar surface area (TPSA) is 83.5 Å². The Bertz CT molecular complexity index is 1190. The number of benzene rings is 1. The van der Waals surface area contributed by atoms with Crippen LogP contribution in [0.3, 0.4) is 0 Å². The van der Waals surface area contributed by atoms with Gasteiger partial charge in [0.15, 0.2) is 11.3 Å². The fraction of sp³-hybridized carbons (Fsp3) is 0.238. The van der Waals surface area contributed by atoms with Crippen molar-refractivity contribution < 1.29 is 14.3 Å². The quantitative estimate of drug-likeness (QED) is 0.485. The highest BCUT2D eigenvalue weighted by atomic mass is 16.5. The van der Waals surface area contributed by atoms with Gasteiger partial charge in [-0.15, -0.1) is 0 Å². The molecule has 3 heterocycles. The summed E-state index contributed by atoms with van der Waals surface area (Å²) >= 11 is 0. The van der Waals surface area contributed by atoms with Crippen molar-refractivity contribution in [2.24, 2.45) is 0 Å². The number of fused-ring (bicyclic) bond motifs is 1. The highest BCUT2D eigenvalue weighted by Gasteiger charge is 2.22. The van der Waals surface area contributed by atoms with Crippen LogP contribution in [-0.4, -0.2) is 44.1 Å². The van der Waals surface area contributed by atoms with Crippen LogP contribution in [0.4, 0.5) is 0 Å². The Balaban J connectivity index is 1.92. The maximum atomic E-state index is 12.4. The number of hydrogen-bond acceptors (Lipinski definition) is 6. The SMILES string of the molecule is CCOC(=O)c1cc(C)nc2c(-c3ccc(-n4cccn4)cc3OC)c(C)nn12. The number of hydrogen-bond donors (Lipinski definition) is 0. The third-order valence-electron chi connectivity index (χ3n) is 4.60. The van der Waals surface area contributed by atoms with Crippen LogP contribution < -0.4 is 4.74 Å². The molecule has 8 nitrogen and oxygen atoms in total. The second-order valence-corrected chi connectivity index (χ2v) is 6.53. The van der Waals surface area contributed by atoms with Gasteiger partial charge in [-0.3, -0.25) is 0 Å². The summed E-state index contributed by atoms with van der Waals surface area (Å²) in [7, 11) is 1.62. The number of carbonyl (C=O) groups excluding carboxylic acids is 1. The minimum absolute atomic E-state index is 0.289. The van der Waals surface area contributed by atoms with Crippen LogP contribution in [0.15, 0.2) is 42.7 Å². The molecule has 0 atom stereocenters. The van der Waals surface area contributed by atoms with Crippen LogP contribution in [0, 0.1) is 13.8 Å². The van der Waals surface area contributed by atoms with Gasteiger partial charge in [-0.05, 0) is 45.0 Å². The largest absolute Gasteiger partial charge is 0.496 e. The number of aryl methyl sites for hydroxylation is 2. The monoisotopic (exact) mass is 391 g/mol. The van der Waals surface area contributed by atoms with Crippen molar-refractivity contribution in [2.75, 3.05) is 13.7 Å². The molecular weight excluding hydrogens is 370 g/mol. The molecule has 0 bridgehead atoms. The van der Waals surface area contributed by atoms with E-state index in [0.29, 0.717) is 22.8 Å². The Hall–Kier alpha value is -3.68. The third kappa shape index (κ3) is 3.22. The summed E-state index contributed by atoms with van der Waals surface area (Å²) in [6.45, 7) is 5.79. The molecule has 1 aromatic carbocycles. The van der Waals surface area contributed by atoms with E-state index in [1.54, 1.807) is 31.0 Å². The summed E-state index contributed by atoms with van der Waals surface area (Å²) in [5.74, 6) is 0.232. The standard InChI is InChI=1S/C21H21N5O3/c1-5-29-21(27)17-11-13(2)23-20-19(14(3)24-26(17)20)16-8-7-15(12-18(16)28-4)25-10-6-9-22-25/h6-12H,5H2,1-4H3. The summed E-state index contributed by atoms with van der Waals surface area (Å²) in [6, 6.07) is 9.36. The first-order valence-electron chi connectivity index (χ1n) is 9.26. The lowest BCUT2D eigenvalue weighted by Gasteiger charge is -2.11. The minimum atomic E-state index is -0.432. The van der Waals surface area contributed by atoms with Crippen LogP contribution in [0.5, 0.6) is 5.75 Å². The van der Waals surface area contributed by atoms with Crippen molar-refractivity contribution >= 4 is 11.6 Å². The molecule has 0 aliphatic rings. The van der Waals surface area contributed by atoms with Gasteiger partial charge in [0.05, 0.1) is 30.7 Å². The van der Waals surface area contributed by atoms with Crippen LogP contribution in [0.25, 0.3) is 22.5 Å². The average molecular weight is 391 g/mol. The van der Waals surface area contributed by atoms with Crippen molar-refractivity contribution in [1.82, 2.24) is 24.4 Å². The van der Waals surface area contributed by atoms with E-state index < -0.39 is 5.97 Å². The van der Waals surface area contributed by atoms with E-state index in [9.17, 15) is 4.79 Å². The molecule has 0 unspecified atom stereocenters. The van der Waals surface area contributed by atoms with Gasteiger partial charge in [0.25, 0.3) is 0 Å². The summed E-state index contributed by atoms with van der Waals surface area (Å²) in [6.07, 6.45) is 3.59. The van der Waals surface area contributed by atoms with Crippen LogP contribution >= 0.6 is 0 Å². The van der Waals surface area contributed by atoms with Crippen LogP contribution in [0.2, 0.25) is 0 Å². The fourth-order valence-corrected chi connectivity index (χ4v) is 3.36. The van der Waals surface area contributed by atoms with E-state index in [1.165, 1.54) is 4.52 Å². The first kappa shape index (κ1) is 18.7. The van der Waals surface area contributed by atoms with Crippen molar-refractivity contribution in [2.45, 2.75) is 20.8 Å². The molecule has 0 N–H and O–H groups in total. The van der Waals surface area contributed by atoms with Gasteiger partial charge in [-0.2, -0.15) is 10.2 Å². The van der Waals surface area contributed by atoms with Gasteiger partial charge in [0.1, 0.15) is 5.75 Å². The van der Waals surface area contributed by atoms with Gasteiger partial charge in [-0.1, -0.05) is 0 Å². The molecule has 3 aromatic heterocycles. The zero-order chi connectivity index (χ0) is 20.5. The Morgan fingerprint density at radius 3 is 2.72 bits per heavy atom. The number of rotatable bonds is 5. The predicted molar refractivity (Wildman–Crippen MR) is 108 cm³/mol. The lowest BCUT2D eigenvalue weighted by Crippen LogP contribution is -2.12. The number of nitrogens with zero attached hydrogens (tertiary/aromatic N) is 5. The number of esters is 1. The average Bonchev–Trinajstić information content (AvgIpc) is 3.35. The van der Waals surface area contributed by atoms with E-state index in [4.69, 9.17) is 9.47 Å². The van der Waals surface area contributed by atoms with E-state index in [0.717, 1.165) is 22.5 Å². The molecular formula is C21H21N5O3. The summed E-state index contributed by atoms with van der Waals surface area (Å²) in [4.78, 5) is 17.1. The van der Waals surface area contributed by atoms with Gasteiger partial charge in [0.2, 0.25) is 0 Å². The molecule has 0 saturated carbocycles. The third-order valence-corrected chi connectivity index (χ3v) is 4.60. The van der Waals surface area contributed by atoms with Gasteiger partial charge in [-0.25, -0.2) is 19.0 Å². The predicted octanol–water partition coefficient (Wildman–Crippen LogP) is 3.38. The summed E-state index contributed by atoms with van der Waals surface area (Å²) < 4.78 is 14.1. The maximum Gasteiger partial charge on any atom is 0.357 e. The number of aromatic nitrogens is 5. The smallest absolute Gasteiger partial charge is 0.357 e. The van der Waals surface area contributed by atoms with Crippen LogP contribution in [-0.2, 0) is 4.74 Å². The lowest BCUT2D eigenvalue weighted by atomic mass is 10.0. The molecule has 0 fully saturated rings. The zero-order valence-electron chi connectivity index (χ0n) is 16.7. The van der Waals surface area contributed by atoms with Gasteiger partial charge in [0, 0.05) is 29.7 Å². The minimum Gasteiger partial charge on any atom is -0.496 e. The molecule has 148 valence electrons. The molecule has 0 saturated heterocycles. The molecule has 0 spiro atoms. The first-order chi connectivity index (χ1) is 14.0. The van der Waals surface area contributed by atoms with E-state index in [1.807, 2.05) is 44.3 Å². The van der Waals surface area contributed by atoms with Crippen molar-refractivity contribution in [3.8, 4) is 22.6 Å². The second-order valence-electron chi connectivity index (χ2n) is 6.53. The summed E-state index contributed by atoms with van der Waals surface area (Å²) in [5, 5.41) is 8.82. The molecule has 0 radical (unpaired) electrons. The van der Waals surface area contributed by atoms with E-state index in [2.05, 4.69) is 15.2 Å². The number of carbonyl (C=O) groups is 1. The number of ether oxygens (including phenoxy) is 2. The molecule has 0 amide bonds. The van der Waals surface area contributed by atoms with Gasteiger partial charge < -0.3 is 9.47 Å². The van der Waals surface area contributed by atoms with Crippen molar-refractivity contribution in [3.63, 3.8) is 0 Å². The van der Waals surface area contributed by atoms with Crippen molar-refractivity contribution in [3.05, 3.63) is 59.8 Å². The highest BCUT2D eigenvalue weighted by molar-refractivity contribution is 5.91. The summed E-state index contributed by atoms with van der Waals surface area (Å²) in [5.41, 5.74) is 4.88. The Labute approximate surface area is 167 Å². The molecule has 0 aliphatic heterocycles. The molecule has 4 rings (SSSR count). The normalized spacial score (nSPS) is 11.0.